The van der Waals surface area contributed by atoms with Gasteiger partial charge in [0.25, 0.3) is 0 Å². The van der Waals surface area contributed by atoms with E-state index in [1.807, 2.05) is 0 Å². The second-order valence-electron chi connectivity index (χ2n) is 5.93. The third-order valence-corrected chi connectivity index (χ3v) is 5.74. The van der Waals surface area contributed by atoms with E-state index >= 15 is 0 Å². The molecule has 0 spiro atoms. The number of imidazole rings is 1. The molecule has 20 heavy (non-hydrogen) atoms. The van der Waals surface area contributed by atoms with Crippen LogP contribution >= 0.6 is 11.3 Å². The van der Waals surface area contributed by atoms with E-state index < -0.39 is 0 Å². The van der Waals surface area contributed by atoms with Crippen molar-refractivity contribution in [2.75, 3.05) is 25.0 Å². The van der Waals surface area contributed by atoms with Crippen LogP contribution in [0.15, 0.2) is 11.6 Å². The van der Waals surface area contributed by atoms with Crippen molar-refractivity contribution < 1.29 is 0 Å². The fraction of sp³-hybridized carbons (Fsp3) is 0.643. The van der Waals surface area contributed by atoms with Crippen molar-refractivity contribution in [1.82, 2.24) is 14.3 Å². The van der Waals surface area contributed by atoms with Gasteiger partial charge in [0.15, 0.2) is 10.8 Å². The molecule has 6 heteroatoms. The predicted molar refractivity (Wildman–Crippen MR) is 82.4 cm³/mol. The molecule has 2 bridgehead atoms. The largest absolute Gasteiger partial charge is 0.353 e. The fourth-order valence-electron chi connectivity index (χ4n) is 3.77. The highest BCUT2D eigenvalue weighted by Crippen LogP contribution is 2.32. The Kier molecular flexibility index (Phi) is 2.98. The van der Waals surface area contributed by atoms with Gasteiger partial charge in [-0.1, -0.05) is 0 Å². The van der Waals surface area contributed by atoms with Crippen LogP contribution < -0.4 is 10.6 Å². The summed E-state index contributed by atoms with van der Waals surface area (Å²) in [5.74, 6) is 1.11. The van der Waals surface area contributed by atoms with Crippen molar-refractivity contribution >= 4 is 22.1 Å². The molecule has 0 amide bonds. The number of nitrogens with zero attached hydrogens (tertiary/aromatic N) is 4. The SMILES string of the molecule is CN1C2CCC1CN(c1nc3sccn3c1CN)CC2. The molecule has 2 N–H and O–H groups in total. The van der Waals surface area contributed by atoms with Crippen LogP contribution in [0.4, 0.5) is 5.82 Å². The number of rotatable bonds is 2. The van der Waals surface area contributed by atoms with Crippen LogP contribution in [0.1, 0.15) is 25.0 Å². The molecule has 2 unspecified atom stereocenters. The van der Waals surface area contributed by atoms with E-state index in [0.717, 1.165) is 35.6 Å². The highest BCUT2D eigenvalue weighted by atomic mass is 32.1. The molecule has 4 rings (SSSR count). The quantitative estimate of drug-likeness (QED) is 0.911. The van der Waals surface area contributed by atoms with E-state index in [1.54, 1.807) is 11.3 Å². The second kappa shape index (κ2) is 4.72. The zero-order valence-corrected chi connectivity index (χ0v) is 12.6. The predicted octanol–water partition coefficient (Wildman–Crippen LogP) is 1.53. The monoisotopic (exact) mass is 291 g/mol. The minimum Gasteiger partial charge on any atom is -0.353 e. The highest BCUT2D eigenvalue weighted by Gasteiger charge is 2.35. The Morgan fingerprint density at radius 3 is 3.05 bits per heavy atom. The number of thiazole rings is 1. The number of likely N-dealkylation sites (N-methyl/N-ethyl adjacent to an activating group) is 1. The Balaban J connectivity index is 1.70. The molecule has 0 aliphatic carbocycles. The summed E-state index contributed by atoms with van der Waals surface area (Å²) in [5, 5.41) is 2.07. The Hall–Kier alpha value is -1.11. The Labute approximate surface area is 123 Å². The van der Waals surface area contributed by atoms with Crippen LogP contribution in [0.3, 0.4) is 0 Å². The first-order valence-corrected chi connectivity index (χ1v) is 8.27. The number of nitrogens with two attached hydrogens (primary N) is 1. The van der Waals surface area contributed by atoms with Gasteiger partial charge in [0.1, 0.15) is 0 Å². The maximum atomic E-state index is 5.98. The summed E-state index contributed by atoms with van der Waals surface area (Å²) in [6.45, 7) is 2.74. The molecule has 2 atom stereocenters. The minimum atomic E-state index is 0.549. The summed E-state index contributed by atoms with van der Waals surface area (Å²) in [6.07, 6.45) is 5.99. The molecule has 2 fully saturated rings. The molecular weight excluding hydrogens is 270 g/mol. The number of hydrogen-bond acceptors (Lipinski definition) is 5. The van der Waals surface area contributed by atoms with Crippen LogP contribution in [0.5, 0.6) is 0 Å². The highest BCUT2D eigenvalue weighted by molar-refractivity contribution is 7.15. The van der Waals surface area contributed by atoms with Gasteiger partial charge in [-0.2, -0.15) is 0 Å². The van der Waals surface area contributed by atoms with Gasteiger partial charge in [-0.25, -0.2) is 4.98 Å². The van der Waals surface area contributed by atoms with Crippen LogP contribution in [0.25, 0.3) is 4.96 Å². The maximum absolute atomic E-state index is 5.98. The first kappa shape index (κ1) is 12.6. The molecule has 2 aliphatic rings. The Morgan fingerprint density at radius 1 is 1.35 bits per heavy atom. The van der Waals surface area contributed by atoms with Crippen molar-refractivity contribution in [3.8, 4) is 0 Å². The van der Waals surface area contributed by atoms with Gasteiger partial charge in [0, 0.05) is 43.3 Å². The van der Waals surface area contributed by atoms with Crippen molar-refractivity contribution in [3.05, 3.63) is 17.3 Å². The van der Waals surface area contributed by atoms with Crippen LogP contribution in [-0.4, -0.2) is 46.5 Å². The maximum Gasteiger partial charge on any atom is 0.195 e. The third kappa shape index (κ3) is 1.78. The van der Waals surface area contributed by atoms with Crippen LogP contribution in [0, 0.1) is 0 Å². The van der Waals surface area contributed by atoms with Gasteiger partial charge in [0.05, 0.1) is 5.69 Å². The van der Waals surface area contributed by atoms with Gasteiger partial charge >= 0.3 is 0 Å². The van der Waals surface area contributed by atoms with E-state index in [9.17, 15) is 0 Å². The molecule has 2 aliphatic heterocycles. The summed E-state index contributed by atoms with van der Waals surface area (Å²) < 4.78 is 2.15. The van der Waals surface area contributed by atoms with Gasteiger partial charge < -0.3 is 10.6 Å². The van der Waals surface area contributed by atoms with Gasteiger partial charge in [-0.15, -0.1) is 11.3 Å². The molecule has 0 saturated carbocycles. The number of hydrogen-bond donors (Lipinski definition) is 1. The van der Waals surface area contributed by atoms with E-state index in [0.29, 0.717) is 12.6 Å². The van der Waals surface area contributed by atoms with Crippen molar-refractivity contribution in [3.63, 3.8) is 0 Å². The average molecular weight is 291 g/mol. The Bertz CT molecular complexity index is 618. The van der Waals surface area contributed by atoms with Crippen LogP contribution in [0.2, 0.25) is 0 Å². The summed E-state index contributed by atoms with van der Waals surface area (Å²) >= 11 is 1.68. The normalized spacial score (nSPS) is 27.4. The lowest BCUT2D eigenvalue weighted by molar-refractivity contribution is 0.254. The first-order valence-electron chi connectivity index (χ1n) is 7.39. The molecule has 2 aromatic rings. The van der Waals surface area contributed by atoms with Gasteiger partial charge in [0.2, 0.25) is 0 Å². The number of fused-ring (bicyclic) bond motifs is 3. The smallest absolute Gasteiger partial charge is 0.195 e. The molecule has 108 valence electrons. The average Bonchev–Trinajstić information content (AvgIpc) is 3.04. The zero-order chi connectivity index (χ0) is 13.7. The van der Waals surface area contributed by atoms with E-state index in [1.165, 1.54) is 19.3 Å². The lowest BCUT2D eigenvalue weighted by Gasteiger charge is -2.26. The van der Waals surface area contributed by atoms with E-state index in [-0.39, 0.29) is 0 Å². The standard InChI is InChI=1S/C14H21N5S/c1-17-10-2-3-11(17)9-18(5-4-10)13-12(8-15)19-6-7-20-14(19)16-13/h6-7,10-11H,2-5,8-9,15H2,1H3. The lowest BCUT2D eigenvalue weighted by Crippen LogP contribution is -2.37. The second-order valence-corrected chi connectivity index (χ2v) is 6.80. The summed E-state index contributed by atoms with van der Waals surface area (Å²) in [6, 6.07) is 1.43. The third-order valence-electron chi connectivity index (χ3n) is 4.98. The molecule has 0 aromatic carbocycles. The zero-order valence-electron chi connectivity index (χ0n) is 11.8. The molecular formula is C14H21N5S. The summed E-state index contributed by atoms with van der Waals surface area (Å²) in [7, 11) is 2.28. The number of aromatic nitrogens is 2. The minimum absolute atomic E-state index is 0.549. The fourth-order valence-corrected chi connectivity index (χ4v) is 4.49. The molecule has 5 nitrogen and oxygen atoms in total. The van der Waals surface area contributed by atoms with Crippen molar-refractivity contribution in [2.45, 2.75) is 37.9 Å². The number of anilines is 1. The molecule has 2 saturated heterocycles. The van der Waals surface area contributed by atoms with Crippen molar-refractivity contribution in [2.24, 2.45) is 5.73 Å². The van der Waals surface area contributed by atoms with Gasteiger partial charge in [-0.3, -0.25) is 9.30 Å². The lowest BCUT2D eigenvalue weighted by atomic mass is 10.1. The Morgan fingerprint density at radius 2 is 2.20 bits per heavy atom. The van der Waals surface area contributed by atoms with Crippen molar-refractivity contribution in [1.29, 1.82) is 0 Å². The molecule has 0 radical (unpaired) electrons. The topological polar surface area (TPSA) is 49.8 Å². The van der Waals surface area contributed by atoms with Crippen LogP contribution in [-0.2, 0) is 6.54 Å². The van der Waals surface area contributed by atoms with E-state index in [2.05, 4.69) is 32.8 Å². The first-order chi connectivity index (χ1) is 9.78. The van der Waals surface area contributed by atoms with E-state index in [4.69, 9.17) is 10.7 Å². The molecule has 4 heterocycles. The summed E-state index contributed by atoms with van der Waals surface area (Å²) in [4.78, 5) is 10.9. The molecule has 2 aromatic heterocycles. The summed E-state index contributed by atoms with van der Waals surface area (Å²) in [5.41, 5.74) is 7.13. The van der Waals surface area contributed by atoms with Gasteiger partial charge in [-0.05, 0) is 26.3 Å².